The lowest BCUT2D eigenvalue weighted by atomic mass is 10.1. The van der Waals surface area contributed by atoms with Crippen molar-refractivity contribution in [2.24, 2.45) is 0 Å². The molecule has 0 rings (SSSR count). The van der Waals surface area contributed by atoms with E-state index in [4.69, 9.17) is 0 Å². The second-order valence-corrected chi connectivity index (χ2v) is 2.75. The summed E-state index contributed by atoms with van der Waals surface area (Å²) < 4.78 is 0.938. The summed E-state index contributed by atoms with van der Waals surface area (Å²) in [6, 6.07) is 0. The van der Waals surface area contributed by atoms with E-state index >= 15 is 0 Å². The smallest absolute Gasteiger partial charge is 0.164 e. The predicted octanol–water partition coefficient (Wildman–Crippen LogP) is 1.39. The molecule has 0 fully saturated rings. The van der Waals surface area contributed by atoms with Crippen molar-refractivity contribution >= 4 is 6.21 Å². The molecule has 2 heteroatoms. The molecule has 0 amide bonds. The Morgan fingerprint density at radius 3 is 1.75 bits per heavy atom. The van der Waals surface area contributed by atoms with Gasteiger partial charge in [0.25, 0.3) is 0 Å². The first-order valence-corrected chi connectivity index (χ1v) is 2.74. The Hall–Kier alpha value is -0.530. The van der Waals surface area contributed by atoms with Gasteiger partial charge in [-0.15, -0.1) is 0 Å². The van der Waals surface area contributed by atoms with Gasteiger partial charge in [-0.2, -0.15) is 0 Å². The minimum atomic E-state index is -0.269. The molecule has 0 bridgehead atoms. The van der Waals surface area contributed by atoms with Crippen LogP contribution in [0, 0.1) is 5.21 Å². The molecule has 0 aromatic carbocycles. The van der Waals surface area contributed by atoms with E-state index in [-0.39, 0.29) is 5.54 Å². The molecule has 0 radical (unpaired) electrons. The lowest BCUT2D eigenvalue weighted by Gasteiger charge is -2.17. The van der Waals surface area contributed by atoms with Gasteiger partial charge in [-0.05, 0) is 0 Å². The molecule has 0 atom stereocenters. The van der Waals surface area contributed by atoms with Crippen molar-refractivity contribution in [2.75, 3.05) is 0 Å². The first-order valence-electron chi connectivity index (χ1n) is 2.74. The fraction of sp³-hybridized carbons (Fsp3) is 0.833. The maximum Gasteiger partial charge on any atom is 0.164 e. The standard InChI is InChI=1S/C6H13NO/c1-5-7(8)6(2,3)4/h5H,1-4H3/b7-5+. The molecule has 0 heterocycles. The van der Waals surface area contributed by atoms with Crippen LogP contribution in [-0.4, -0.2) is 16.5 Å². The lowest BCUT2D eigenvalue weighted by Crippen LogP contribution is -2.28. The quantitative estimate of drug-likeness (QED) is 0.203. The molecular weight excluding hydrogens is 102 g/mol. The van der Waals surface area contributed by atoms with Gasteiger partial charge in [0.2, 0.25) is 0 Å². The molecule has 0 aromatic heterocycles. The fourth-order valence-corrected chi connectivity index (χ4v) is 0.387. The van der Waals surface area contributed by atoms with Gasteiger partial charge >= 0.3 is 0 Å². The van der Waals surface area contributed by atoms with Gasteiger partial charge in [0.1, 0.15) is 6.21 Å². The van der Waals surface area contributed by atoms with Crippen LogP contribution >= 0.6 is 0 Å². The summed E-state index contributed by atoms with van der Waals surface area (Å²) in [7, 11) is 0. The van der Waals surface area contributed by atoms with Gasteiger partial charge in [-0.1, -0.05) is 0 Å². The highest BCUT2D eigenvalue weighted by Gasteiger charge is 2.16. The number of rotatable bonds is 0. The van der Waals surface area contributed by atoms with Gasteiger partial charge < -0.3 is 5.21 Å². The molecule has 0 saturated carbocycles. The summed E-state index contributed by atoms with van der Waals surface area (Å²) in [6.07, 6.45) is 1.53. The van der Waals surface area contributed by atoms with Crippen molar-refractivity contribution < 1.29 is 4.74 Å². The maximum atomic E-state index is 10.7. The Morgan fingerprint density at radius 2 is 1.75 bits per heavy atom. The Morgan fingerprint density at radius 1 is 1.38 bits per heavy atom. The summed E-state index contributed by atoms with van der Waals surface area (Å²) in [5.74, 6) is 0. The summed E-state index contributed by atoms with van der Waals surface area (Å²) in [6.45, 7) is 7.36. The summed E-state index contributed by atoms with van der Waals surface area (Å²) in [5.41, 5.74) is -0.269. The minimum Gasteiger partial charge on any atom is -0.624 e. The van der Waals surface area contributed by atoms with Crippen molar-refractivity contribution in [3.8, 4) is 0 Å². The molecule has 0 aliphatic carbocycles. The third kappa shape index (κ3) is 1.96. The summed E-state index contributed by atoms with van der Waals surface area (Å²) >= 11 is 0. The molecule has 8 heavy (non-hydrogen) atoms. The van der Waals surface area contributed by atoms with E-state index in [1.807, 2.05) is 20.8 Å². The van der Waals surface area contributed by atoms with Crippen molar-refractivity contribution in [2.45, 2.75) is 33.2 Å². The molecule has 0 saturated heterocycles. The third-order valence-corrected chi connectivity index (χ3v) is 0.896. The van der Waals surface area contributed by atoms with Crippen LogP contribution in [0.1, 0.15) is 27.7 Å². The van der Waals surface area contributed by atoms with Crippen molar-refractivity contribution in [3.05, 3.63) is 5.21 Å². The van der Waals surface area contributed by atoms with Crippen LogP contribution in [0.4, 0.5) is 0 Å². The molecule has 0 aliphatic rings. The van der Waals surface area contributed by atoms with Crippen LogP contribution in [0.2, 0.25) is 0 Å². The largest absolute Gasteiger partial charge is 0.624 e. The molecule has 0 aliphatic heterocycles. The van der Waals surface area contributed by atoms with Crippen molar-refractivity contribution in [3.63, 3.8) is 0 Å². The Labute approximate surface area is 50.4 Å². The average molecular weight is 115 g/mol. The van der Waals surface area contributed by atoms with E-state index in [0.29, 0.717) is 0 Å². The van der Waals surface area contributed by atoms with E-state index in [9.17, 15) is 5.21 Å². The van der Waals surface area contributed by atoms with Gasteiger partial charge in [0, 0.05) is 27.7 Å². The zero-order chi connectivity index (χ0) is 6.78. The zero-order valence-corrected chi connectivity index (χ0v) is 5.93. The topological polar surface area (TPSA) is 26.1 Å². The van der Waals surface area contributed by atoms with Gasteiger partial charge in [-0.25, -0.2) is 4.74 Å². The fourth-order valence-electron chi connectivity index (χ4n) is 0.387. The van der Waals surface area contributed by atoms with E-state index in [2.05, 4.69) is 0 Å². The van der Waals surface area contributed by atoms with Crippen molar-refractivity contribution in [1.29, 1.82) is 0 Å². The highest BCUT2D eigenvalue weighted by atomic mass is 16.5. The molecule has 0 spiro atoms. The molecule has 0 unspecified atom stereocenters. The summed E-state index contributed by atoms with van der Waals surface area (Å²) in [5, 5.41) is 10.7. The van der Waals surface area contributed by atoms with Gasteiger partial charge in [0.15, 0.2) is 5.54 Å². The van der Waals surface area contributed by atoms with E-state index in [0.717, 1.165) is 4.74 Å². The SMILES string of the molecule is C/C=[N+](/[O-])C(C)(C)C. The second-order valence-electron chi connectivity index (χ2n) is 2.75. The van der Waals surface area contributed by atoms with E-state index in [1.54, 1.807) is 6.92 Å². The maximum absolute atomic E-state index is 10.7. The number of hydroxylamine groups is 1. The van der Waals surface area contributed by atoms with Crippen LogP contribution < -0.4 is 0 Å². The van der Waals surface area contributed by atoms with Crippen LogP contribution in [-0.2, 0) is 0 Å². The van der Waals surface area contributed by atoms with Crippen LogP contribution in [0.25, 0.3) is 0 Å². The normalized spacial score (nSPS) is 14.2. The first-order chi connectivity index (χ1) is 3.48. The van der Waals surface area contributed by atoms with Crippen LogP contribution in [0.15, 0.2) is 0 Å². The van der Waals surface area contributed by atoms with Crippen LogP contribution in [0.3, 0.4) is 0 Å². The highest BCUT2D eigenvalue weighted by molar-refractivity contribution is 5.47. The number of nitrogens with zero attached hydrogens (tertiary/aromatic N) is 1. The molecule has 48 valence electrons. The van der Waals surface area contributed by atoms with Gasteiger partial charge in [0.05, 0.1) is 0 Å². The molecule has 0 aromatic rings. The van der Waals surface area contributed by atoms with E-state index in [1.165, 1.54) is 6.21 Å². The molecule has 2 nitrogen and oxygen atoms in total. The van der Waals surface area contributed by atoms with Crippen molar-refractivity contribution in [1.82, 2.24) is 0 Å². The third-order valence-electron chi connectivity index (χ3n) is 0.896. The summed E-state index contributed by atoms with van der Waals surface area (Å²) in [4.78, 5) is 0. The van der Waals surface area contributed by atoms with E-state index < -0.39 is 0 Å². The first kappa shape index (κ1) is 7.47. The Bertz CT molecular complexity index is 99.6. The van der Waals surface area contributed by atoms with Crippen LogP contribution in [0.5, 0.6) is 0 Å². The highest BCUT2D eigenvalue weighted by Crippen LogP contribution is 2.03. The lowest BCUT2D eigenvalue weighted by molar-refractivity contribution is -0.531. The average Bonchev–Trinajstić information content (AvgIpc) is 1.62. The monoisotopic (exact) mass is 115 g/mol. The second kappa shape index (κ2) is 2.16. The molecule has 0 N–H and O–H groups in total. The minimum absolute atomic E-state index is 0.269. The Kier molecular flexibility index (Phi) is 2.02. The number of hydrogen-bond acceptors (Lipinski definition) is 1. The molecular formula is C6H13NO. The zero-order valence-electron chi connectivity index (χ0n) is 5.93. The van der Waals surface area contributed by atoms with Gasteiger partial charge in [-0.3, -0.25) is 0 Å². The predicted molar refractivity (Wildman–Crippen MR) is 35.1 cm³/mol. The number of hydrogen-bond donors (Lipinski definition) is 0. The Balaban J connectivity index is 4.03.